The highest BCUT2D eigenvalue weighted by Crippen LogP contribution is 2.32. The second-order valence-electron chi connectivity index (χ2n) is 5.89. The smallest absolute Gasteiger partial charge is 0.248 e. The van der Waals surface area contributed by atoms with Crippen LogP contribution in [-0.2, 0) is 13.1 Å². The van der Waals surface area contributed by atoms with Crippen LogP contribution < -0.4 is 11.1 Å². The normalized spacial score (nSPS) is 12.5. The number of rotatable bonds is 4. The molecule has 3 N–H and O–H groups in total. The van der Waals surface area contributed by atoms with Crippen LogP contribution in [0, 0.1) is 11.5 Å². The molecule has 0 saturated carbocycles. The Kier molecular flexibility index (Phi) is 3.74. The zero-order chi connectivity index (χ0) is 18.1. The number of nitrogens with two attached hydrogens (primary N) is 1. The molecule has 0 unspecified atom stereocenters. The van der Waals surface area contributed by atoms with Gasteiger partial charge >= 0.3 is 0 Å². The van der Waals surface area contributed by atoms with E-state index in [0.717, 1.165) is 16.9 Å². The lowest BCUT2D eigenvalue weighted by atomic mass is 10.2. The van der Waals surface area contributed by atoms with E-state index in [1.165, 1.54) is 0 Å². The number of amides is 1. The summed E-state index contributed by atoms with van der Waals surface area (Å²) in [5.74, 6) is 0.866. The van der Waals surface area contributed by atoms with Crippen LogP contribution >= 0.6 is 0 Å². The summed E-state index contributed by atoms with van der Waals surface area (Å²) in [6.07, 6.45) is 3.88. The summed E-state index contributed by atoms with van der Waals surface area (Å²) in [6, 6.07) is 12.5. The van der Waals surface area contributed by atoms with E-state index < -0.39 is 5.91 Å². The van der Waals surface area contributed by atoms with Crippen LogP contribution in [0.4, 0.5) is 11.6 Å². The lowest BCUT2D eigenvalue weighted by Gasteiger charge is -2.10. The van der Waals surface area contributed by atoms with Crippen molar-refractivity contribution in [3.63, 3.8) is 0 Å². The number of carbonyl (C=O) groups is 1. The highest BCUT2D eigenvalue weighted by molar-refractivity contribution is 5.92. The van der Waals surface area contributed by atoms with Gasteiger partial charge in [-0.05, 0) is 36.4 Å². The number of hydrogen-bond acceptors (Lipinski definition) is 6. The molecule has 1 aliphatic heterocycles. The fraction of sp³-hybridized carbons (Fsp3) is 0.111. The average Bonchev–Trinajstić information content (AvgIpc) is 3.23. The molecule has 26 heavy (non-hydrogen) atoms. The van der Waals surface area contributed by atoms with Crippen molar-refractivity contribution in [2.24, 2.45) is 5.73 Å². The molecule has 8 nitrogen and oxygen atoms in total. The molecular formula is C18H15N7O. The largest absolute Gasteiger partial charge is 0.366 e. The fourth-order valence-corrected chi connectivity index (χ4v) is 2.95. The summed E-state index contributed by atoms with van der Waals surface area (Å²) in [6.45, 7) is 0.959. The van der Waals surface area contributed by atoms with Crippen molar-refractivity contribution in [1.29, 1.82) is 5.26 Å². The van der Waals surface area contributed by atoms with Crippen molar-refractivity contribution in [3.05, 3.63) is 65.5 Å². The molecule has 8 heteroatoms. The molecule has 0 atom stereocenters. The third-order valence-electron chi connectivity index (χ3n) is 4.23. The SMILES string of the molecule is N#CN1Cc2c(Nc3ccccn3)nn(-c3ccc(C(N)=O)cc3)c2C1. The Morgan fingerprint density at radius 1 is 1.19 bits per heavy atom. The summed E-state index contributed by atoms with van der Waals surface area (Å²) >= 11 is 0. The predicted octanol–water partition coefficient (Wildman–Crippen LogP) is 1.91. The van der Waals surface area contributed by atoms with Gasteiger partial charge in [-0.1, -0.05) is 6.07 Å². The van der Waals surface area contributed by atoms with E-state index in [-0.39, 0.29) is 0 Å². The van der Waals surface area contributed by atoms with Gasteiger partial charge in [-0.3, -0.25) is 4.79 Å². The van der Waals surface area contributed by atoms with Gasteiger partial charge in [-0.25, -0.2) is 9.67 Å². The molecule has 0 saturated heterocycles. The summed E-state index contributed by atoms with van der Waals surface area (Å²) < 4.78 is 1.78. The van der Waals surface area contributed by atoms with Crippen LogP contribution in [0.15, 0.2) is 48.7 Å². The number of nitrogens with zero attached hydrogens (tertiary/aromatic N) is 5. The van der Waals surface area contributed by atoms with E-state index in [4.69, 9.17) is 5.73 Å². The molecule has 2 aromatic heterocycles. The molecular weight excluding hydrogens is 330 g/mol. The van der Waals surface area contributed by atoms with E-state index in [9.17, 15) is 10.1 Å². The van der Waals surface area contributed by atoms with Gasteiger partial charge in [0.1, 0.15) is 5.82 Å². The number of aromatic nitrogens is 3. The molecule has 0 fully saturated rings. The lowest BCUT2D eigenvalue weighted by Crippen LogP contribution is -2.13. The van der Waals surface area contributed by atoms with Crippen molar-refractivity contribution >= 4 is 17.5 Å². The highest BCUT2D eigenvalue weighted by Gasteiger charge is 2.28. The summed E-state index contributed by atoms with van der Waals surface area (Å²) in [7, 11) is 0. The predicted molar refractivity (Wildman–Crippen MR) is 94.5 cm³/mol. The van der Waals surface area contributed by atoms with Gasteiger partial charge in [-0.2, -0.15) is 5.26 Å². The zero-order valence-electron chi connectivity index (χ0n) is 13.8. The maximum atomic E-state index is 11.3. The Morgan fingerprint density at radius 3 is 2.65 bits per heavy atom. The summed E-state index contributed by atoms with van der Waals surface area (Å²) in [5, 5.41) is 17.1. The van der Waals surface area contributed by atoms with Crippen LogP contribution in [0.2, 0.25) is 0 Å². The van der Waals surface area contributed by atoms with E-state index in [2.05, 4.69) is 21.6 Å². The second kappa shape index (κ2) is 6.22. The zero-order valence-corrected chi connectivity index (χ0v) is 13.8. The van der Waals surface area contributed by atoms with Crippen molar-refractivity contribution in [3.8, 4) is 11.9 Å². The van der Waals surface area contributed by atoms with Crippen LogP contribution in [0.3, 0.4) is 0 Å². The first-order valence-corrected chi connectivity index (χ1v) is 7.99. The number of carbonyl (C=O) groups excluding carboxylic acids is 1. The van der Waals surface area contributed by atoms with Crippen LogP contribution in [0.1, 0.15) is 21.6 Å². The van der Waals surface area contributed by atoms with Crippen LogP contribution in [0.5, 0.6) is 0 Å². The van der Waals surface area contributed by atoms with Gasteiger partial charge in [0.25, 0.3) is 0 Å². The first-order chi connectivity index (χ1) is 12.7. The molecule has 3 aromatic rings. The van der Waals surface area contributed by atoms with Crippen molar-refractivity contribution in [2.75, 3.05) is 5.32 Å². The number of hydrogen-bond donors (Lipinski definition) is 2. The molecule has 0 aliphatic carbocycles. The summed E-state index contributed by atoms with van der Waals surface area (Å²) in [4.78, 5) is 17.2. The molecule has 1 aliphatic rings. The Hall–Kier alpha value is -3.86. The quantitative estimate of drug-likeness (QED) is 0.698. The van der Waals surface area contributed by atoms with Gasteiger partial charge < -0.3 is 16.0 Å². The Balaban J connectivity index is 1.75. The molecule has 128 valence electrons. The molecule has 0 radical (unpaired) electrons. The van der Waals surface area contributed by atoms with Gasteiger partial charge in [0.2, 0.25) is 5.91 Å². The molecule has 3 heterocycles. The topological polar surface area (TPSA) is 113 Å². The van der Waals surface area contributed by atoms with Crippen molar-refractivity contribution < 1.29 is 4.79 Å². The second-order valence-corrected chi connectivity index (χ2v) is 5.89. The number of primary amides is 1. The molecule has 0 bridgehead atoms. The molecule has 0 spiro atoms. The average molecular weight is 345 g/mol. The molecule has 4 rings (SSSR count). The minimum atomic E-state index is -0.476. The summed E-state index contributed by atoms with van der Waals surface area (Å²) in [5.41, 5.74) is 8.41. The minimum Gasteiger partial charge on any atom is -0.366 e. The van der Waals surface area contributed by atoms with Crippen molar-refractivity contribution in [1.82, 2.24) is 19.7 Å². The lowest BCUT2D eigenvalue weighted by molar-refractivity contribution is 0.100. The van der Waals surface area contributed by atoms with Gasteiger partial charge in [-0.15, -0.1) is 5.10 Å². The molecule has 1 aromatic carbocycles. The maximum Gasteiger partial charge on any atom is 0.248 e. The minimum absolute atomic E-state index is 0.433. The van der Waals surface area contributed by atoms with E-state index in [0.29, 0.717) is 30.3 Å². The van der Waals surface area contributed by atoms with E-state index >= 15 is 0 Å². The third-order valence-corrected chi connectivity index (χ3v) is 4.23. The number of pyridine rings is 1. The fourth-order valence-electron chi connectivity index (χ4n) is 2.95. The first kappa shape index (κ1) is 15.7. The van der Waals surface area contributed by atoms with E-state index in [1.807, 2.05) is 18.2 Å². The maximum absolute atomic E-state index is 11.3. The molecule has 1 amide bonds. The van der Waals surface area contributed by atoms with E-state index in [1.54, 1.807) is 40.0 Å². The van der Waals surface area contributed by atoms with Crippen molar-refractivity contribution in [2.45, 2.75) is 13.1 Å². The Labute approximate surface area is 149 Å². The highest BCUT2D eigenvalue weighted by atomic mass is 16.1. The van der Waals surface area contributed by atoms with Crippen LogP contribution in [0.25, 0.3) is 5.69 Å². The number of nitrogens with one attached hydrogen (secondary N) is 1. The number of nitriles is 1. The number of anilines is 2. The Morgan fingerprint density at radius 2 is 2.00 bits per heavy atom. The van der Waals surface area contributed by atoms with Gasteiger partial charge in [0.05, 0.1) is 24.5 Å². The third kappa shape index (κ3) is 2.71. The van der Waals surface area contributed by atoms with Gasteiger partial charge in [0, 0.05) is 17.3 Å². The number of benzene rings is 1. The van der Waals surface area contributed by atoms with Gasteiger partial charge in [0.15, 0.2) is 12.0 Å². The van der Waals surface area contributed by atoms with Crippen LogP contribution in [-0.4, -0.2) is 25.6 Å². The standard InChI is InChI=1S/C18H15N7O/c19-11-24-9-14-15(10-24)25(13-6-4-12(5-7-13)17(20)26)23-18(14)22-16-3-1-2-8-21-16/h1-8H,9-10H2,(H2,20,26)(H,21,22,23). The number of fused-ring (bicyclic) bond motifs is 1. The monoisotopic (exact) mass is 345 g/mol. The Bertz CT molecular complexity index is 1000. The first-order valence-electron chi connectivity index (χ1n) is 7.99.